The Morgan fingerprint density at radius 1 is 1.00 bits per heavy atom. The van der Waals surface area contributed by atoms with Gasteiger partial charge in [0.15, 0.2) is 0 Å². The van der Waals surface area contributed by atoms with E-state index in [1.54, 1.807) is 6.92 Å². The van der Waals surface area contributed by atoms with Crippen LogP contribution in [0.3, 0.4) is 0 Å². The Kier molecular flexibility index (Phi) is 2.04. The van der Waals surface area contributed by atoms with Crippen molar-refractivity contribution in [1.82, 2.24) is 15.1 Å². The minimum Gasteiger partial charge on any atom is -0.339 e. The van der Waals surface area contributed by atoms with E-state index in [1.807, 2.05) is 26.0 Å². The molecule has 4 heteroatoms. The van der Waals surface area contributed by atoms with Gasteiger partial charge < -0.3 is 4.52 Å². The first-order chi connectivity index (χ1) is 6.65. The summed E-state index contributed by atoms with van der Waals surface area (Å²) in [5, 5.41) is 3.85. The van der Waals surface area contributed by atoms with Crippen molar-refractivity contribution < 1.29 is 4.52 Å². The molecule has 2 aromatic heterocycles. The normalized spacial score (nSPS) is 10.5. The van der Waals surface area contributed by atoms with Crippen LogP contribution in [-0.2, 0) is 0 Å². The summed E-state index contributed by atoms with van der Waals surface area (Å²) in [5.41, 5.74) is 2.87. The van der Waals surface area contributed by atoms with E-state index in [4.69, 9.17) is 4.52 Å². The average Bonchev–Trinajstić information content (AvgIpc) is 2.50. The van der Waals surface area contributed by atoms with Crippen LogP contribution >= 0.6 is 0 Å². The van der Waals surface area contributed by atoms with E-state index < -0.39 is 0 Å². The van der Waals surface area contributed by atoms with Crippen molar-refractivity contribution >= 4 is 0 Å². The van der Waals surface area contributed by atoms with Crippen LogP contribution in [0.2, 0.25) is 0 Å². The molecule has 0 unspecified atom stereocenters. The molecule has 0 spiro atoms. The Balaban J connectivity index is 2.51. The molecule has 0 bridgehead atoms. The van der Waals surface area contributed by atoms with Crippen LogP contribution in [-0.4, -0.2) is 15.1 Å². The minimum absolute atomic E-state index is 0.576. The third-order valence-corrected chi connectivity index (χ3v) is 1.87. The van der Waals surface area contributed by atoms with Crippen LogP contribution in [0.4, 0.5) is 0 Å². The van der Waals surface area contributed by atoms with Crippen molar-refractivity contribution in [3.63, 3.8) is 0 Å². The standard InChI is InChI=1S/C10H11N3O/c1-6-4-9(5-7(2)11-6)10-12-8(3)14-13-10/h4-5H,1-3H3. The second-order valence-corrected chi connectivity index (χ2v) is 3.28. The molecular formula is C10H11N3O. The third-order valence-electron chi connectivity index (χ3n) is 1.87. The van der Waals surface area contributed by atoms with E-state index in [1.165, 1.54) is 0 Å². The Morgan fingerprint density at radius 2 is 1.64 bits per heavy atom. The van der Waals surface area contributed by atoms with Gasteiger partial charge >= 0.3 is 0 Å². The molecule has 2 aromatic rings. The lowest BCUT2D eigenvalue weighted by Crippen LogP contribution is -1.89. The van der Waals surface area contributed by atoms with Gasteiger partial charge in [-0.1, -0.05) is 5.16 Å². The molecule has 0 radical (unpaired) electrons. The monoisotopic (exact) mass is 189 g/mol. The molecule has 14 heavy (non-hydrogen) atoms. The summed E-state index contributed by atoms with van der Waals surface area (Å²) in [6.07, 6.45) is 0. The fourth-order valence-corrected chi connectivity index (χ4v) is 1.38. The van der Waals surface area contributed by atoms with Gasteiger partial charge in [0, 0.05) is 23.9 Å². The van der Waals surface area contributed by atoms with Gasteiger partial charge in [0.25, 0.3) is 0 Å². The van der Waals surface area contributed by atoms with Gasteiger partial charge in [-0.3, -0.25) is 4.98 Å². The highest BCUT2D eigenvalue weighted by Gasteiger charge is 2.06. The van der Waals surface area contributed by atoms with Gasteiger partial charge in [0.05, 0.1) is 0 Å². The van der Waals surface area contributed by atoms with Gasteiger partial charge in [0.2, 0.25) is 11.7 Å². The number of aromatic nitrogens is 3. The molecule has 2 heterocycles. The van der Waals surface area contributed by atoms with Crippen molar-refractivity contribution in [2.24, 2.45) is 0 Å². The molecule has 0 atom stereocenters. The summed E-state index contributed by atoms with van der Waals surface area (Å²) in [4.78, 5) is 8.44. The molecule has 0 saturated carbocycles. The summed E-state index contributed by atoms with van der Waals surface area (Å²) in [6.45, 7) is 5.67. The van der Waals surface area contributed by atoms with Crippen LogP contribution in [0.1, 0.15) is 17.3 Å². The Morgan fingerprint density at radius 3 is 2.14 bits per heavy atom. The number of pyridine rings is 1. The smallest absolute Gasteiger partial charge is 0.223 e. The third kappa shape index (κ3) is 1.64. The molecule has 0 fully saturated rings. The van der Waals surface area contributed by atoms with Gasteiger partial charge in [-0.15, -0.1) is 0 Å². The van der Waals surface area contributed by atoms with E-state index in [2.05, 4.69) is 15.1 Å². The van der Waals surface area contributed by atoms with Crippen LogP contribution in [0.15, 0.2) is 16.7 Å². The van der Waals surface area contributed by atoms with Crippen molar-refractivity contribution in [2.75, 3.05) is 0 Å². The van der Waals surface area contributed by atoms with Crippen molar-refractivity contribution in [1.29, 1.82) is 0 Å². The predicted octanol–water partition coefficient (Wildman–Crippen LogP) is 2.06. The van der Waals surface area contributed by atoms with Gasteiger partial charge in [0.1, 0.15) is 0 Å². The largest absolute Gasteiger partial charge is 0.339 e. The molecule has 0 aromatic carbocycles. The van der Waals surface area contributed by atoms with E-state index in [-0.39, 0.29) is 0 Å². The molecule has 0 aliphatic heterocycles. The summed E-state index contributed by atoms with van der Waals surface area (Å²) in [5.74, 6) is 1.20. The molecule has 0 aliphatic rings. The van der Waals surface area contributed by atoms with Crippen molar-refractivity contribution in [3.8, 4) is 11.4 Å². The van der Waals surface area contributed by atoms with E-state index in [0.29, 0.717) is 11.7 Å². The molecule has 0 amide bonds. The summed E-state index contributed by atoms with van der Waals surface area (Å²) < 4.78 is 4.92. The summed E-state index contributed by atoms with van der Waals surface area (Å²) >= 11 is 0. The first kappa shape index (κ1) is 8.87. The summed E-state index contributed by atoms with van der Waals surface area (Å²) in [6, 6.07) is 3.88. The van der Waals surface area contributed by atoms with E-state index in [9.17, 15) is 0 Å². The zero-order valence-corrected chi connectivity index (χ0v) is 8.40. The second kappa shape index (κ2) is 3.21. The zero-order chi connectivity index (χ0) is 10.1. The fourth-order valence-electron chi connectivity index (χ4n) is 1.38. The van der Waals surface area contributed by atoms with Crippen molar-refractivity contribution in [3.05, 3.63) is 29.4 Å². The van der Waals surface area contributed by atoms with Crippen LogP contribution < -0.4 is 0 Å². The summed E-state index contributed by atoms with van der Waals surface area (Å²) in [7, 11) is 0. The number of aryl methyl sites for hydroxylation is 3. The fraction of sp³-hybridized carbons (Fsp3) is 0.300. The van der Waals surface area contributed by atoms with Crippen molar-refractivity contribution in [2.45, 2.75) is 20.8 Å². The van der Waals surface area contributed by atoms with E-state index >= 15 is 0 Å². The lowest BCUT2D eigenvalue weighted by atomic mass is 10.2. The number of nitrogens with zero attached hydrogens (tertiary/aromatic N) is 3. The minimum atomic E-state index is 0.576. The highest BCUT2D eigenvalue weighted by atomic mass is 16.5. The first-order valence-electron chi connectivity index (χ1n) is 4.41. The predicted molar refractivity (Wildman–Crippen MR) is 51.7 cm³/mol. The lowest BCUT2D eigenvalue weighted by Gasteiger charge is -1.98. The van der Waals surface area contributed by atoms with Gasteiger partial charge in [-0.05, 0) is 26.0 Å². The second-order valence-electron chi connectivity index (χ2n) is 3.28. The van der Waals surface area contributed by atoms with Crippen LogP contribution in [0.25, 0.3) is 11.4 Å². The van der Waals surface area contributed by atoms with Gasteiger partial charge in [-0.2, -0.15) is 4.98 Å². The first-order valence-corrected chi connectivity index (χ1v) is 4.41. The van der Waals surface area contributed by atoms with E-state index in [0.717, 1.165) is 17.0 Å². The highest BCUT2D eigenvalue weighted by molar-refractivity contribution is 5.55. The zero-order valence-electron chi connectivity index (χ0n) is 8.40. The quantitative estimate of drug-likeness (QED) is 0.689. The molecule has 2 rings (SSSR count). The average molecular weight is 189 g/mol. The number of hydrogen-bond donors (Lipinski definition) is 0. The topological polar surface area (TPSA) is 51.8 Å². The molecule has 0 saturated heterocycles. The Labute approximate surface area is 82.0 Å². The molecular weight excluding hydrogens is 178 g/mol. The van der Waals surface area contributed by atoms with Crippen LogP contribution in [0.5, 0.6) is 0 Å². The lowest BCUT2D eigenvalue weighted by molar-refractivity contribution is 0.394. The maximum Gasteiger partial charge on any atom is 0.223 e. The maximum atomic E-state index is 4.92. The number of hydrogen-bond acceptors (Lipinski definition) is 4. The molecule has 72 valence electrons. The maximum absolute atomic E-state index is 4.92. The Hall–Kier alpha value is -1.71. The molecule has 4 nitrogen and oxygen atoms in total. The number of rotatable bonds is 1. The Bertz CT molecular complexity index is 442. The molecule has 0 aliphatic carbocycles. The highest BCUT2D eigenvalue weighted by Crippen LogP contribution is 2.16. The van der Waals surface area contributed by atoms with Crippen LogP contribution in [0, 0.1) is 20.8 Å². The van der Waals surface area contributed by atoms with Gasteiger partial charge in [-0.25, -0.2) is 0 Å². The molecule has 0 N–H and O–H groups in total. The SMILES string of the molecule is Cc1cc(-c2noc(C)n2)cc(C)n1.